The van der Waals surface area contributed by atoms with Crippen LogP contribution in [0.15, 0.2) is 35.4 Å². The Labute approximate surface area is 152 Å². The van der Waals surface area contributed by atoms with Gasteiger partial charge in [0.25, 0.3) is 5.91 Å². The largest absolute Gasteiger partial charge is 0.408 e. The standard InChI is InChI=1S/C16H12F5N3O2S/c1-24-7-12-9(3-5-13(16(19,20)21)23-27(12)26)14(24)15(25)22-8-2-4-10(17)11(18)6-8/h2-7,13,23H,1H3,(H,22,25). The highest BCUT2D eigenvalue weighted by Crippen LogP contribution is 2.29. The molecule has 0 saturated heterocycles. The Kier molecular flexibility index (Phi) is 4.91. The zero-order valence-corrected chi connectivity index (χ0v) is 14.4. The fraction of sp³-hybridized carbons (Fsp3) is 0.188. The number of fused-ring (bicyclic) bond motifs is 1. The molecule has 1 aromatic heterocycles. The number of halogens is 5. The molecule has 0 radical (unpaired) electrons. The summed E-state index contributed by atoms with van der Waals surface area (Å²) in [6.45, 7) is 0. The van der Waals surface area contributed by atoms with Gasteiger partial charge in [-0.05, 0) is 12.1 Å². The van der Waals surface area contributed by atoms with Crippen LogP contribution < -0.4 is 10.0 Å². The molecule has 2 unspecified atom stereocenters. The molecular weight excluding hydrogens is 393 g/mol. The Morgan fingerprint density at radius 3 is 2.59 bits per heavy atom. The van der Waals surface area contributed by atoms with Crippen LogP contribution in [0.1, 0.15) is 16.1 Å². The molecule has 3 rings (SSSR count). The van der Waals surface area contributed by atoms with Crippen LogP contribution >= 0.6 is 0 Å². The van der Waals surface area contributed by atoms with E-state index in [1.54, 1.807) is 0 Å². The Balaban J connectivity index is 1.97. The number of carbonyl (C=O) groups is 1. The van der Waals surface area contributed by atoms with Gasteiger partial charge in [-0.25, -0.2) is 17.7 Å². The molecular formula is C16H12F5N3O2S. The first-order chi connectivity index (χ1) is 12.6. The first-order valence-electron chi connectivity index (χ1n) is 7.46. The minimum atomic E-state index is -4.66. The Morgan fingerprint density at radius 2 is 1.96 bits per heavy atom. The minimum Gasteiger partial charge on any atom is -0.345 e. The van der Waals surface area contributed by atoms with Crippen molar-refractivity contribution in [1.29, 1.82) is 0 Å². The molecule has 27 heavy (non-hydrogen) atoms. The smallest absolute Gasteiger partial charge is 0.345 e. The van der Waals surface area contributed by atoms with Crippen LogP contribution in [-0.4, -0.2) is 26.9 Å². The van der Waals surface area contributed by atoms with Crippen molar-refractivity contribution in [3.05, 3.63) is 53.4 Å². The topological polar surface area (TPSA) is 63.1 Å². The third-order valence-corrected chi connectivity index (χ3v) is 5.01. The molecule has 1 aromatic carbocycles. The lowest BCUT2D eigenvalue weighted by atomic mass is 10.1. The maximum absolute atomic E-state index is 13.3. The number of aromatic nitrogens is 1. The number of nitrogens with zero attached hydrogens (tertiary/aromatic N) is 1. The summed E-state index contributed by atoms with van der Waals surface area (Å²) in [5.74, 6) is -3.04. The summed E-state index contributed by atoms with van der Waals surface area (Å²) in [5.41, 5.74) is -0.0852. The molecule has 0 saturated carbocycles. The molecule has 1 aliphatic rings. The number of nitrogens with one attached hydrogen (secondary N) is 2. The van der Waals surface area contributed by atoms with Crippen molar-refractivity contribution < 1.29 is 31.0 Å². The zero-order chi connectivity index (χ0) is 19.9. The highest BCUT2D eigenvalue weighted by molar-refractivity contribution is 7.83. The molecule has 0 aliphatic carbocycles. The number of carbonyl (C=O) groups excluding carboxylic acids is 1. The molecule has 0 spiro atoms. The summed E-state index contributed by atoms with van der Waals surface area (Å²) < 4.78 is 80.5. The fourth-order valence-corrected chi connectivity index (χ4v) is 3.75. The molecule has 0 fully saturated rings. The predicted octanol–water partition coefficient (Wildman–Crippen LogP) is 3.13. The van der Waals surface area contributed by atoms with Gasteiger partial charge in [0.15, 0.2) is 11.6 Å². The van der Waals surface area contributed by atoms with E-state index in [-0.39, 0.29) is 21.8 Å². The predicted molar refractivity (Wildman–Crippen MR) is 88.1 cm³/mol. The third-order valence-electron chi connectivity index (χ3n) is 3.82. The van der Waals surface area contributed by atoms with Gasteiger partial charge in [0.05, 0.1) is 4.90 Å². The van der Waals surface area contributed by atoms with Crippen molar-refractivity contribution in [2.24, 2.45) is 7.05 Å². The van der Waals surface area contributed by atoms with E-state index < -0.39 is 40.7 Å². The zero-order valence-electron chi connectivity index (χ0n) is 13.6. The van der Waals surface area contributed by atoms with Crippen LogP contribution in [-0.2, 0) is 18.0 Å². The van der Waals surface area contributed by atoms with Gasteiger partial charge < -0.3 is 9.88 Å². The molecule has 144 valence electrons. The molecule has 0 bridgehead atoms. The van der Waals surface area contributed by atoms with Crippen LogP contribution in [0, 0.1) is 11.6 Å². The van der Waals surface area contributed by atoms with Crippen LogP contribution in [0.4, 0.5) is 27.6 Å². The van der Waals surface area contributed by atoms with Crippen molar-refractivity contribution in [3.8, 4) is 0 Å². The van der Waals surface area contributed by atoms with Crippen molar-refractivity contribution in [2.75, 3.05) is 5.32 Å². The van der Waals surface area contributed by atoms with Crippen molar-refractivity contribution in [2.45, 2.75) is 17.1 Å². The highest BCUT2D eigenvalue weighted by atomic mass is 32.2. The van der Waals surface area contributed by atoms with Crippen molar-refractivity contribution in [1.82, 2.24) is 9.29 Å². The second kappa shape index (κ2) is 6.89. The number of hydrogen-bond donors (Lipinski definition) is 2. The number of alkyl halides is 3. The average molecular weight is 405 g/mol. The van der Waals surface area contributed by atoms with E-state index in [1.165, 1.54) is 17.8 Å². The van der Waals surface area contributed by atoms with E-state index in [0.29, 0.717) is 0 Å². The SMILES string of the molecule is Cn1cc2c(c1C(=O)Nc1ccc(F)c(F)c1)C=CC(C(F)(F)F)NS2=O. The molecule has 1 aliphatic heterocycles. The summed E-state index contributed by atoms with van der Waals surface area (Å²) in [5, 5.41) is 2.34. The Bertz CT molecular complexity index is 968. The van der Waals surface area contributed by atoms with Gasteiger partial charge in [0, 0.05) is 30.6 Å². The molecule has 2 heterocycles. The monoisotopic (exact) mass is 405 g/mol. The van der Waals surface area contributed by atoms with Gasteiger partial charge in [0.2, 0.25) is 0 Å². The number of hydrogen-bond acceptors (Lipinski definition) is 2. The van der Waals surface area contributed by atoms with Gasteiger partial charge in [-0.1, -0.05) is 12.2 Å². The summed E-state index contributed by atoms with van der Waals surface area (Å²) in [6.07, 6.45) is -1.57. The summed E-state index contributed by atoms with van der Waals surface area (Å²) in [6, 6.07) is 0.582. The molecule has 2 atom stereocenters. The quantitative estimate of drug-likeness (QED) is 0.755. The maximum Gasteiger partial charge on any atom is 0.408 e. The van der Waals surface area contributed by atoms with Crippen LogP contribution in [0.25, 0.3) is 6.08 Å². The van der Waals surface area contributed by atoms with E-state index in [4.69, 9.17) is 0 Å². The molecule has 11 heteroatoms. The molecule has 2 N–H and O–H groups in total. The van der Waals surface area contributed by atoms with E-state index in [0.717, 1.165) is 30.4 Å². The summed E-state index contributed by atoms with van der Waals surface area (Å²) in [4.78, 5) is 12.5. The number of anilines is 1. The average Bonchev–Trinajstić information content (AvgIpc) is 2.81. The number of aryl methyl sites for hydroxylation is 1. The van der Waals surface area contributed by atoms with Crippen molar-refractivity contribution in [3.63, 3.8) is 0 Å². The van der Waals surface area contributed by atoms with E-state index >= 15 is 0 Å². The summed E-state index contributed by atoms with van der Waals surface area (Å²) in [7, 11) is -0.766. The van der Waals surface area contributed by atoms with Gasteiger partial charge in [-0.2, -0.15) is 13.2 Å². The second-order valence-electron chi connectivity index (χ2n) is 5.71. The minimum absolute atomic E-state index is 0.00376. The molecule has 2 aromatic rings. The lowest BCUT2D eigenvalue weighted by Gasteiger charge is -2.15. The highest BCUT2D eigenvalue weighted by Gasteiger charge is 2.40. The first-order valence-corrected chi connectivity index (χ1v) is 8.61. The Morgan fingerprint density at radius 1 is 1.26 bits per heavy atom. The Hall–Kier alpha value is -2.53. The van der Waals surface area contributed by atoms with Gasteiger partial charge in [-0.3, -0.25) is 4.79 Å². The van der Waals surface area contributed by atoms with E-state index in [1.807, 2.05) is 4.72 Å². The third kappa shape index (κ3) is 3.78. The normalized spacial score (nSPS) is 19.5. The summed E-state index contributed by atoms with van der Waals surface area (Å²) >= 11 is 0. The van der Waals surface area contributed by atoms with Crippen LogP contribution in [0.2, 0.25) is 0 Å². The number of rotatable bonds is 2. The first kappa shape index (κ1) is 19.2. The van der Waals surface area contributed by atoms with Crippen molar-refractivity contribution >= 4 is 28.7 Å². The fourth-order valence-electron chi connectivity index (χ4n) is 2.56. The molecule has 5 nitrogen and oxygen atoms in total. The maximum atomic E-state index is 13.3. The van der Waals surface area contributed by atoms with Crippen LogP contribution in [0.5, 0.6) is 0 Å². The number of amides is 1. The van der Waals surface area contributed by atoms with Crippen LogP contribution in [0.3, 0.4) is 0 Å². The van der Waals surface area contributed by atoms with Gasteiger partial charge in [0.1, 0.15) is 22.7 Å². The lowest BCUT2D eigenvalue weighted by molar-refractivity contribution is -0.139. The molecule has 1 amide bonds. The second-order valence-corrected chi connectivity index (χ2v) is 6.93. The van der Waals surface area contributed by atoms with Gasteiger partial charge in [-0.15, -0.1) is 0 Å². The van der Waals surface area contributed by atoms with E-state index in [9.17, 15) is 31.0 Å². The van der Waals surface area contributed by atoms with E-state index in [2.05, 4.69) is 5.32 Å². The van der Waals surface area contributed by atoms with Gasteiger partial charge >= 0.3 is 6.18 Å². The number of benzene rings is 1. The lowest BCUT2D eigenvalue weighted by Crippen LogP contribution is -2.40.